The van der Waals surface area contributed by atoms with Crippen molar-refractivity contribution in [3.05, 3.63) is 0 Å². The smallest absolute Gasteiger partial charge is 0.322 e. The van der Waals surface area contributed by atoms with Crippen LogP contribution in [0.4, 0.5) is 0 Å². The van der Waals surface area contributed by atoms with Gasteiger partial charge in [0.25, 0.3) is 0 Å². The molecule has 0 radical (unpaired) electrons. The van der Waals surface area contributed by atoms with Crippen LogP contribution in [0.15, 0.2) is 0 Å². The molecule has 0 rings (SSSR count). The molecule has 0 aliphatic rings. The lowest BCUT2D eigenvalue weighted by Gasteiger charge is -2.07. The van der Waals surface area contributed by atoms with Gasteiger partial charge in [0.05, 0.1) is 25.2 Å². The number of esters is 1. The van der Waals surface area contributed by atoms with E-state index in [9.17, 15) is 18.0 Å². The maximum atomic E-state index is 11.7. The lowest BCUT2D eigenvalue weighted by Crippen LogP contribution is -2.17. The molecule has 0 aliphatic carbocycles. The monoisotopic (exact) mass is 406 g/mol. The molecule has 6 nitrogen and oxygen atoms in total. The van der Waals surface area contributed by atoms with E-state index in [1.54, 1.807) is 0 Å². The summed E-state index contributed by atoms with van der Waals surface area (Å²) < 4.78 is 33.0. The summed E-state index contributed by atoms with van der Waals surface area (Å²) in [6.45, 7) is 4.62. The summed E-state index contributed by atoms with van der Waals surface area (Å²) in [6.07, 6.45) is 11.8. The Morgan fingerprint density at radius 2 is 1.15 bits per heavy atom. The SMILES string of the molecule is CCCCCCCCOC(=O)CCC(=O)OS(=O)(=O)CCCCCCCC. The highest BCUT2D eigenvalue weighted by Gasteiger charge is 2.18. The predicted octanol–water partition coefficient (Wildman–Crippen LogP) is 4.90. The molecule has 0 saturated heterocycles. The van der Waals surface area contributed by atoms with Crippen molar-refractivity contribution in [3.8, 4) is 0 Å². The highest BCUT2D eigenvalue weighted by atomic mass is 32.2. The van der Waals surface area contributed by atoms with Crippen LogP contribution in [0, 0.1) is 0 Å². The first-order chi connectivity index (χ1) is 12.9. The zero-order valence-electron chi connectivity index (χ0n) is 17.2. The molecular formula is C20H38O6S. The number of unbranched alkanes of at least 4 members (excludes halogenated alkanes) is 10. The Morgan fingerprint density at radius 1 is 0.667 bits per heavy atom. The third-order valence-electron chi connectivity index (χ3n) is 4.26. The van der Waals surface area contributed by atoms with Gasteiger partial charge in [-0.3, -0.25) is 9.59 Å². The van der Waals surface area contributed by atoms with Gasteiger partial charge in [-0.25, -0.2) is 0 Å². The zero-order chi connectivity index (χ0) is 20.4. The second kappa shape index (κ2) is 17.0. The van der Waals surface area contributed by atoms with Crippen molar-refractivity contribution in [2.24, 2.45) is 0 Å². The topological polar surface area (TPSA) is 86.7 Å². The van der Waals surface area contributed by atoms with E-state index in [1.165, 1.54) is 19.3 Å². The minimum Gasteiger partial charge on any atom is -0.466 e. The van der Waals surface area contributed by atoms with E-state index in [-0.39, 0.29) is 18.6 Å². The molecular weight excluding hydrogens is 368 g/mol. The maximum Gasteiger partial charge on any atom is 0.322 e. The fourth-order valence-electron chi connectivity index (χ4n) is 2.63. The number of hydrogen-bond acceptors (Lipinski definition) is 6. The fourth-order valence-corrected chi connectivity index (χ4v) is 3.64. The van der Waals surface area contributed by atoms with E-state index in [0.29, 0.717) is 13.0 Å². The van der Waals surface area contributed by atoms with Crippen LogP contribution >= 0.6 is 0 Å². The van der Waals surface area contributed by atoms with Gasteiger partial charge in [0.2, 0.25) is 0 Å². The summed E-state index contributed by atoms with van der Waals surface area (Å²) in [5.74, 6) is -1.54. The molecule has 0 aromatic heterocycles. The molecule has 0 amide bonds. The highest BCUT2D eigenvalue weighted by molar-refractivity contribution is 7.87. The molecule has 0 unspecified atom stereocenters. The van der Waals surface area contributed by atoms with Crippen LogP contribution < -0.4 is 0 Å². The van der Waals surface area contributed by atoms with Crippen molar-refractivity contribution in [1.82, 2.24) is 0 Å². The Bertz CT molecular complexity index is 487. The zero-order valence-corrected chi connectivity index (χ0v) is 18.0. The fraction of sp³-hybridized carbons (Fsp3) is 0.900. The van der Waals surface area contributed by atoms with Crippen LogP contribution in [0.1, 0.15) is 104 Å². The predicted molar refractivity (Wildman–Crippen MR) is 107 cm³/mol. The largest absolute Gasteiger partial charge is 0.466 e. The molecule has 0 heterocycles. The van der Waals surface area contributed by atoms with Crippen LogP contribution in [-0.4, -0.2) is 32.7 Å². The van der Waals surface area contributed by atoms with Gasteiger partial charge in [-0.2, -0.15) is 8.42 Å². The molecule has 0 bridgehead atoms. The molecule has 0 spiro atoms. The summed E-state index contributed by atoms with van der Waals surface area (Å²) in [6, 6.07) is 0. The number of rotatable bonds is 18. The second-order valence-corrected chi connectivity index (χ2v) is 8.66. The Hall–Kier alpha value is -1.11. The average molecular weight is 407 g/mol. The van der Waals surface area contributed by atoms with Gasteiger partial charge in [0.15, 0.2) is 0 Å². The Kier molecular flexibility index (Phi) is 16.3. The summed E-state index contributed by atoms with van der Waals surface area (Å²) in [5, 5.41) is 0. The van der Waals surface area contributed by atoms with Gasteiger partial charge in [-0.05, 0) is 12.8 Å². The van der Waals surface area contributed by atoms with Crippen LogP contribution in [0.3, 0.4) is 0 Å². The van der Waals surface area contributed by atoms with Crippen LogP contribution in [-0.2, 0) is 28.6 Å². The van der Waals surface area contributed by atoms with Crippen molar-refractivity contribution in [3.63, 3.8) is 0 Å². The normalized spacial score (nSPS) is 11.3. The van der Waals surface area contributed by atoms with Crippen molar-refractivity contribution in [2.45, 2.75) is 104 Å². The van der Waals surface area contributed by atoms with E-state index in [1.807, 2.05) is 0 Å². The third kappa shape index (κ3) is 18.0. The average Bonchev–Trinajstić information content (AvgIpc) is 2.61. The van der Waals surface area contributed by atoms with Crippen molar-refractivity contribution >= 4 is 22.1 Å². The van der Waals surface area contributed by atoms with Crippen molar-refractivity contribution in [2.75, 3.05) is 12.4 Å². The molecule has 0 aliphatic heterocycles. The first kappa shape index (κ1) is 25.9. The Labute approximate surface area is 165 Å². The number of hydrogen-bond donors (Lipinski definition) is 0. The van der Waals surface area contributed by atoms with Crippen LogP contribution in [0.2, 0.25) is 0 Å². The van der Waals surface area contributed by atoms with Gasteiger partial charge in [-0.1, -0.05) is 78.1 Å². The van der Waals surface area contributed by atoms with Gasteiger partial charge >= 0.3 is 22.1 Å². The number of carbonyl (C=O) groups is 2. The van der Waals surface area contributed by atoms with E-state index in [0.717, 1.165) is 51.4 Å². The molecule has 160 valence electrons. The van der Waals surface area contributed by atoms with E-state index < -0.39 is 22.1 Å². The first-order valence-corrected chi connectivity index (χ1v) is 12.1. The Balaban J connectivity index is 3.73. The van der Waals surface area contributed by atoms with Crippen molar-refractivity contribution < 1.29 is 26.9 Å². The van der Waals surface area contributed by atoms with Gasteiger partial charge in [0.1, 0.15) is 0 Å². The lowest BCUT2D eigenvalue weighted by atomic mass is 10.1. The van der Waals surface area contributed by atoms with Gasteiger partial charge < -0.3 is 8.92 Å². The molecule has 7 heteroatoms. The van der Waals surface area contributed by atoms with Crippen molar-refractivity contribution in [1.29, 1.82) is 0 Å². The van der Waals surface area contributed by atoms with E-state index in [2.05, 4.69) is 18.0 Å². The summed E-state index contributed by atoms with van der Waals surface area (Å²) >= 11 is 0. The Morgan fingerprint density at radius 3 is 1.74 bits per heavy atom. The second-order valence-electron chi connectivity index (χ2n) is 6.97. The van der Waals surface area contributed by atoms with Crippen LogP contribution in [0.5, 0.6) is 0 Å². The maximum absolute atomic E-state index is 11.7. The highest BCUT2D eigenvalue weighted by Crippen LogP contribution is 2.09. The standard InChI is InChI=1S/C20H38O6S/c1-3-5-7-9-11-13-17-25-19(21)15-16-20(22)26-27(23,24)18-14-12-10-8-6-4-2/h3-18H2,1-2H3. The first-order valence-electron chi connectivity index (χ1n) is 10.5. The molecule has 0 atom stereocenters. The molecule has 0 saturated carbocycles. The van der Waals surface area contributed by atoms with E-state index in [4.69, 9.17) is 4.74 Å². The molecule has 0 fully saturated rings. The van der Waals surface area contributed by atoms with Gasteiger partial charge in [-0.15, -0.1) is 0 Å². The minimum absolute atomic E-state index is 0.152. The number of ether oxygens (including phenoxy) is 1. The molecule has 0 aromatic carbocycles. The summed E-state index contributed by atoms with van der Waals surface area (Å²) in [4.78, 5) is 23.2. The molecule has 27 heavy (non-hydrogen) atoms. The quantitative estimate of drug-likeness (QED) is 0.183. The van der Waals surface area contributed by atoms with Crippen LogP contribution in [0.25, 0.3) is 0 Å². The van der Waals surface area contributed by atoms with Gasteiger partial charge in [0, 0.05) is 0 Å². The minimum atomic E-state index is -3.86. The molecule has 0 N–H and O–H groups in total. The summed E-state index contributed by atoms with van der Waals surface area (Å²) in [5.41, 5.74) is 0. The molecule has 0 aromatic rings. The lowest BCUT2D eigenvalue weighted by molar-refractivity contribution is -0.147. The third-order valence-corrected chi connectivity index (χ3v) is 5.49. The van der Waals surface area contributed by atoms with E-state index >= 15 is 0 Å². The number of carbonyl (C=O) groups excluding carboxylic acids is 2. The summed E-state index contributed by atoms with van der Waals surface area (Å²) in [7, 11) is -3.86.